The van der Waals surface area contributed by atoms with Crippen LogP contribution in [-0.4, -0.2) is 16.5 Å². The Morgan fingerprint density at radius 2 is 1.89 bits per heavy atom. The average molecular weight is 306 g/mol. The van der Waals surface area contributed by atoms with Crippen LogP contribution < -0.4 is 4.74 Å². The minimum atomic E-state index is -4.33. The largest absolute Gasteiger partial charge is 0.486 e. The number of benzene rings is 1. The predicted molar refractivity (Wildman–Crippen MR) is 67.5 cm³/mol. The Balaban J connectivity index is 1.96. The molecule has 2 aromatic rings. The van der Waals surface area contributed by atoms with E-state index in [0.717, 1.165) is 16.5 Å². The second-order valence-corrected chi connectivity index (χ2v) is 5.59. The standard InChI is InChI=1S/C11H9F3N2OS2/c1-18-10-16-15-9(19-10)6-17-8-4-2-7(3-5-8)11(12,13)14/h2-5H,6H2,1H3. The third-order valence-electron chi connectivity index (χ3n) is 2.17. The first-order valence-electron chi connectivity index (χ1n) is 5.15. The van der Waals surface area contributed by atoms with Gasteiger partial charge in [0.25, 0.3) is 0 Å². The summed E-state index contributed by atoms with van der Waals surface area (Å²) < 4.78 is 43.2. The number of rotatable bonds is 4. The van der Waals surface area contributed by atoms with Gasteiger partial charge in [-0.2, -0.15) is 13.2 Å². The van der Waals surface area contributed by atoms with Crippen LogP contribution in [0.3, 0.4) is 0 Å². The quantitative estimate of drug-likeness (QED) is 0.804. The molecule has 2 rings (SSSR count). The van der Waals surface area contributed by atoms with Gasteiger partial charge >= 0.3 is 6.18 Å². The average Bonchev–Trinajstić information content (AvgIpc) is 2.84. The normalized spacial score (nSPS) is 11.6. The third kappa shape index (κ3) is 3.84. The summed E-state index contributed by atoms with van der Waals surface area (Å²) in [6.45, 7) is 0.198. The summed E-state index contributed by atoms with van der Waals surface area (Å²) >= 11 is 2.88. The number of hydrogen-bond acceptors (Lipinski definition) is 5. The van der Waals surface area contributed by atoms with Gasteiger partial charge in [-0.05, 0) is 30.5 Å². The zero-order chi connectivity index (χ0) is 13.9. The number of nitrogens with zero attached hydrogens (tertiary/aromatic N) is 2. The van der Waals surface area contributed by atoms with Gasteiger partial charge in [0.2, 0.25) is 0 Å². The first-order chi connectivity index (χ1) is 8.99. The summed E-state index contributed by atoms with van der Waals surface area (Å²) in [6, 6.07) is 4.56. The second kappa shape index (κ2) is 5.79. The van der Waals surface area contributed by atoms with Gasteiger partial charge in [0.15, 0.2) is 9.35 Å². The van der Waals surface area contributed by atoms with Gasteiger partial charge in [0.05, 0.1) is 5.56 Å². The molecule has 0 amide bonds. The van der Waals surface area contributed by atoms with Gasteiger partial charge in [0, 0.05) is 0 Å². The Morgan fingerprint density at radius 1 is 1.21 bits per heavy atom. The number of ether oxygens (including phenoxy) is 1. The second-order valence-electron chi connectivity index (χ2n) is 3.48. The van der Waals surface area contributed by atoms with Gasteiger partial charge < -0.3 is 4.74 Å². The molecule has 0 saturated heterocycles. The highest BCUT2D eigenvalue weighted by molar-refractivity contribution is 8.00. The van der Waals surface area contributed by atoms with Crippen LogP contribution in [0.1, 0.15) is 10.6 Å². The van der Waals surface area contributed by atoms with E-state index in [4.69, 9.17) is 4.74 Å². The molecular weight excluding hydrogens is 297 g/mol. The van der Waals surface area contributed by atoms with Crippen molar-refractivity contribution in [3.63, 3.8) is 0 Å². The number of halogens is 3. The maximum absolute atomic E-state index is 12.4. The van der Waals surface area contributed by atoms with E-state index in [1.807, 2.05) is 6.26 Å². The van der Waals surface area contributed by atoms with Crippen LogP contribution in [0.15, 0.2) is 28.6 Å². The Kier molecular flexibility index (Phi) is 4.31. The Morgan fingerprint density at radius 3 is 2.42 bits per heavy atom. The lowest BCUT2D eigenvalue weighted by atomic mass is 10.2. The third-order valence-corrected chi connectivity index (χ3v) is 4.04. The summed E-state index contributed by atoms with van der Waals surface area (Å²) in [6.07, 6.45) is -2.44. The molecule has 0 aliphatic rings. The van der Waals surface area contributed by atoms with E-state index in [1.165, 1.54) is 35.2 Å². The number of alkyl halides is 3. The van der Waals surface area contributed by atoms with Gasteiger partial charge in [0.1, 0.15) is 12.4 Å². The maximum atomic E-state index is 12.4. The maximum Gasteiger partial charge on any atom is 0.416 e. The van der Waals surface area contributed by atoms with Crippen molar-refractivity contribution in [1.82, 2.24) is 10.2 Å². The van der Waals surface area contributed by atoms with Crippen LogP contribution in [-0.2, 0) is 12.8 Å². The molecule has 1 heterocycles. The SMILES string of the molecule is CSc1nnc(COc2ccc(C(F)(F)F)cc2)s1. The molecule has 0 bridgehead atoms. The molecule has 1 aromatic heterocycles. The molecule has 3 nitrogen and oxygen atoms in total. The molecule has 0 unspecified atom stereocenters. The molecule has 0 aliphatic heterocycles. The molecule has 0 fully saturated rings. The van der Waals surface area contributed by atoms with Crippen LogP contribution in [0, 0.1) is 0 Å². The van der Waals surface area contributed by atoms with Crippen molar-refractivity contribution < 1.29 is 17.9 Å². The monoisotopic (exact) mass is 306 g/mol. The first-order valence-corrected chi connectivity index (χ1v) is 7.19. The molecule has 8 heteroatoms. The molecule has 0 aliphatic carbocycles. The fourth-order valence-corrected chi connectivity index (χ4v) is 2.49. The lowest BCUT2D eigenvalue weighted by molar-refractivity contribution is -0.137. The van der Waals surface area contributed by atoms with Crippen LogP contribution in [0.25, 0.3) is 0 Å². The van der Waals surface area contributed by atoms with Crippen molar-refractivity contribution in [1.29, 1.82) is 0 Å². The minimum absolute atomic E-state index is 0.198. The lowest BCUT2D eigenvalue weighted by Crippen LogP contribution is -2.04. The summed E-state index contributed by atoms with van der Waals surface area (Å²) in [7, 11) is 0. The molecule has 0 radical (unpaired) electrons. The summed E-state index contributed by atoms with van der Waals surface area (Å²) in [5.41, 5.74) is -0.694. The topological polar surface area (TPSA) is 35.0 Å². The molecular formula is C11H9F3N2OS2. The van der Waals surface area contributed by atoms with E-state index in [9.17, 15) is 13.2 Å². The van der Waals surface area contributed by atoms with Crippen molar-refractivity contribution in [2.45, 2.75) is 17.1 Å². The van der Waals surface area contributed by atoms with E-state index < -0.39 is 11.7 Å². The molecule has 1 aromatic carbocycles. The Labute approximate surface area is 115 Å². The van der Waals surface area contributed by atoms with Gasteiger partial charge in [-0.1, -0.05) is 23.1 Å². The van der Waals surface area contributed by atoms with Gasteiger partial charge in [-0.3, -0.25) is 0 Å². The van der Waals surface area contributed by atoms with Crippen LogP contribution in [0.5, 0.6) is 5.75 Å². The van der Waals surface area contributed by atoms with Crippen molar-refractivity contribution in [3.8, 4) is 5.75 Å². The molecule has 0 atom stereocenters. The first kappa shape index (κ1) is 14.1. The van der Waals surface area contributed by atoms with Gasteiger partial charge in [-0.25, -0.2) is 0 Å². The highest BCUT2D eigenvalue weighted by Crippen LogP contribution is 2.30. The highest BCUT2D eigenvalue weighted by Gasteiger charge is 2.29. The molecule has 0 saturated carbocycles. The van der Waals surface area contributed by atoms with E-state index in [0.29, 0.717) is 10.8 Å². The van der Waals surface area contributed by atoms with Crippen LogP contribution in [0.2, 0.25) is 0 Å². The van der Waals surface area contributed by atoms with Crippen molar-refractivity contribution in [3.05, 3.63) is 34.8 Å². The zero-order valence-corrected chi connectivity index (χ0v) is 11.4. The highest BCUT2D eigenvalue weighted by atomic mass is 32.2. The molecule has 0 spiro atoms. The molecule has 0 N–H and O–H groups in total. The molecule has 19 heavy (non-hydrogen) atoms. The summed E-state index contributed by atoms with van der Waals surface area (Å²) in [5, 5.41) is 8.48. The fourth-order valence-electron chi connectivity index (χ4n) is 1.26. The smallest absolute Gasteiger partial charge is 0.416 e. The van der Waals surface area contributed by atoms with Crippen molar-refractivity contribution in [2.24, 2.45) is 0 Å². The van der Waals surface area contributed by atoms with Crippen molar-refractivity contribution >= 4 is 23.1 Å². The number of hydrogen-bond donors (Lipinski definition) is 0. The number of thioether (sulfide) groups is 1. The van der Waals surface area contributed by atoms with Crippen molar-refractivity contribution in [2.75, 3.05) is 6.26 Å². The zero-order valence-electron chi connectivity index (χ0n) is 9.77. The van der Waals surface area contributed by atoms with E-state index in [2.05, 4.69) is 10.2 Å². The lowest BCUT2D eigenvalue weighted by Gasteiger charge is -2.08. The van der Waals surface area contributed by atoms with E-state index >= 15 is 0 Å². The van der Waals surface area contributed by atoms with E-state index in [-0.39, 0.29) is 6.61 Å². The predicted octanol–water partition coefficient (Wildman–Crippen LogP) is 3.86. The Bertz CT molecular complexity index is 540. The minimum Gasteiger partial charge on any atom is -0.486 e. The van der Waals surface area contributed by atoms with Crippen LogP contribution >= 0.6 is 23.1 Å². The number of aromatic nitrogens is 2. The summed E-state index contributed by atoms with van der Waals surface area (Å²) in [4.78, 5) is 0. The van der Waals surface area contributed by atoms with E-state index in [1.54, 1.807) is 0 Å². The Hall–Kier alpha value is -1.28. The van der Waals surface area contributed by atoms with Gasteiger partial charge in [-0.15, -0.1) is 10.2 Å². The molecule has 102 valence electrons. The fraction of sp³-hybridized carbons (Fsp3) is 0.273. The van der Waals surface area contributed by atoms with Crippen LogP contribution in [0.4, 0.5) is 13.2 Å². The summed E-state index contributed by atoms with van der Waals surface area (Å²) in [5.74, 6) is 0.369.